The summed E-state index contributed by atoms with van der Waals surface area (Å²) in [4.78, 5) is 24.4. The molecule has 3 rings (SSSR count). The van der Waals surface area contributed by atoms with E-state index in [-0.39, 0.29) is 11.8 Å². The second kappa shape index (κ2) is 9.60. The van der Waals surface area contributed by atoms with Gasteiger partial charge in [0.15, 0.2) is 0 Å². The summed E-state index contributed by atoms with van der Waals surface area (Å²) in [6.07, 6.45) is 0.520. The molecule has 2 amide bonds. The molecule has 1 aromatic heterocycles. The van der Waals surface area contributed by atoms with Gasteiger partial charge < -0.3 is 10.1 Å². The van der Waals surface area contributed by atoms with Crippen molar-refractivity contribution in [2.75, 3.05) is 19.0 Å². The van der Waals surface area contributed by atoms with Gasteiger partial charge in [0.2, 0.25) is 5.13 Å². The van der Waals surface area contributed by atoms with Crippen LogP contribution in [-0.4, -0.2) is 35.7 Å². The van der Waals surface area contributed by atoms with Crippen LogP contribution in [0.4, 0.5) is 5.13 Å². The first-order valence-corrected chi connectivity index (χ1v) is 10.3. The number of nitrogens with zero attached hydrogens (tertiary/aromatic N) is 2. The maximum Gasteiger partial charge on any atom is 0.257 e. The summed E-state index contributed by atoms with van der Waals surface area (Å²) in [7, 11) is 1.56. The molecule has 2 N–H and O–H groups in total. The molecule has 28 heavy (non-hydrogen) atoms. The Balaban J connectivity index is 1.50. The standard InChI is InChI=1S/C19H17IN4O3S/c1-27-15-7-3-5-13(11-15)17(25)21-9-8-16-23-24-19(28-16)22-18(26)12-4-2-6-14(20)10-12/h2-7,10-11H,8-9H2,1H3,(H,21,25)(H,22,24,26). The molecule has 1 heterocycles. The number of anilines is 1. The fourth-order valence-corrected chi connectivity index (χ4v) is 3.63. The van der Waals surface area contributed by atoms with E-state index >= 15 is 0 Å². The zero-order valence-electron chi connectivity index (χ0n) is 14.9. The third kappa shape index (κ3) is 5.49. The largest absolute Gasteiger partial charge is 0.497 e. The van der Waals surface area contributed by atoms with E-state index in [9.17, 15) is 9.59 Å². The topological polar surface area (TPSA) is 93.2 Å². The van der Waals surface area contributed by atoms with Crippen molar-refractivity contribution in [1.82, 2.24) is 15.5 Å². The highest BCUT2D eigenvalue weighted by Gasteiger charge is 2.11. The minimum Gasteiger partial charge on any atom is -0.497 e. The summed E-state index contributed by atoms with van der Waals surface area (Å²) >= 11 is 3.44. The van der Waals surface area contributed by atoms with E-state index < -0.39 is 0 Å². The van der Waals surface area contributed by atoms with Gasteiger partial charge in [-0.25, -0.2) is 0 Å². The van der Waals surface area contributed by atoms with Gasteiger partial charge in [0.25, 0.3) is 11.8 Å². The van der Waals surface area contributed by atoms with Gasteiger partial charge in [0, 0.05) is 27.7 Å². The molecule has 7 nitrogen and oxygen atoms in total. The molecule has 2 aromatic carbocycles. The van der Waals surface area contributed by atoms with Crippen molar-refractivity contribution >= 4 is 50.9 Å². The van der Waals surface area contributed by atoms with Crippen LogP contribution in [-0.2, 0) is 6.42 Å². The lowest BCUT2D eigenvalue weighted by Crippen LogP contribution is -2.25. The Hall–Kier alpha value is -2.53. The van der Waals surface area contributed by atoms with Crippen LogP contribution in [0.15, 0.2) is 48.5 Å². The van der Waals surface area contributed by atoms with Gasteiger partial charge in [-0.15, -0.1) is 10.2 Å². The van der Waals surface area contributed by atoms with Gasteiger partial charge in [0.05, 0.1) is 7.11 Å². The second-order valence-corrected chi connectivity index (χ2v) is 8.01. The Labute approximate surface area is 179 Å². The molecule has 0 fully saturated rings. The molecule has 0 atom stereocenters. The first-order chi connectivity index (χ1) is 13.5. The van der Waals surface area contributed by atoms with Gasteiger partial charge in [0.1, 0.15) is 10.8 Å². The highest BCUT2D eigenvalue weighted by molar-refractivity contribution is 14.1. The number of hydrogen-bond donors (Lipinski definition) is 2. The third-order valence-corrected chi connectivity index (χ3v) is 5.30. The minimum absolute atomic E-state index is 0.185. The number of ether oxygens (including phenoxy) is 1. The molecule has 0 unspecified atom stereocenters. The lowest BCUT2D eigenvalue weighted by Gasteiger charge is -2.05. The summed E-state index contributed by atoms with van der Waals surface area (Å²) in [6, 6.07) is 14.2. The van der Waals surface area contributed by atoms with Crippen LogP contribution >= 0.6 is 33.9 Å². The predicted molar refractivity (Wildman–Crippen MR) is 116 cm³/mol. The average molecular weight is 508 g/mol. The predicted octanol–water partition coefficient (Wildman–Crippen LogP) is 3.38. The van der Waals surface area contributed by atoms with Crippen molar-refractivity contribution in [3.8, 4) is 5.75 Å². The summed E-state index contributed by atoms with van der Waals surface area (Å²) in [6.45, 7) is 0.412. The van der Waals surface area contributed by atoms with Gasteiger partial charge in [-0.05, 0) is 59.0 Å². The van der Waals surface area contributed by atoms with Crippen molar-refractivity contribution in [3.63, 3.8) is 0 Å². The van der Waals surface area contributed by atoms with Gasteiger partial charge in [-0.1, -0.05) is 23.5 Å². The first-order valence-electron chi connectivity index (χ1n) is 8.36. The van der Waals surface area contributed by atoms with E-state index in [1.807, 2.05) is 12.1 Å². The number of carbonyl (C=O) groups is 2. The van der Waals surface area contributed by atoms with E-state index in [0.717, 1.165) is 8.58 Å². The smallest absolute Gasteiger partial charge is 0.257 e. The maximum absolute atomic E-state index is 12.2. The van der Waals surface area contributed by atoms with Crippen LogP contribution in [0.1, 0.15) is 25.7 Å². The van der Waals surface area contributed by atoms with Crippen molar-refractivity contribution in [1.29, 1.82) is 0 Å². The molecule has 0 radical (unpaired) electrons. The van der Waals surface area contributed by atoms with Crippen LogP contribution in [0.2, 0.25) is 0 Å². The maximum atomic E-state index is 12.2. The van der Waals surface area contributed by atoms with Crippen molar-refractivity contribution in [2.24, 2.45) is 0 Å². The number of halogens is 1. The quantitative estimate of drug-likeness (QED) is 0.478. The van der Waals surface area contributed by atoms with Gasteiger partial charge in [-0.2, -0.15) is 0 Å². The van der Waals surface area contributed by atoms with Gasteiger partial charge >= 0.3 is 0 Å². The number of amides is 2. The summed E-state index contributed by atoms with van der Waals surface area (Å²) in [5, 5.41) is 14.8. The van der Waals surface area contributed by atoms with E-state index in [2.05, 4.69) is 43.4 Å². The van der Waals surface area contributed by atoms with Crippen molar-refractivity contribution in [3.05, 3.63) is 68.2 Å². The molecule has 0 spiro atoms. The Morgan fingerprint density at radius 3 is 2.57 bits per heavy atom. The molecule has 0 aliphatic heterocycles. The zero-order chi connectivity index (χ0) is 19.9. The van der Waals surface area contributed by atoms with Crippen LogP contribution in [0.3, 0.4) is 0 Å². The van der Waals surface area contributed by atoms with Crippen molar-refractivity contribution in [2.45, 2.75) is 6.42 Å². The van der Waals surface area contributed by atoms with Crippen LogP contribution in [0, 0.1) is 3.57 Å². The second-order valence-electron chi connectivity index (χ2n) is 5.70. The Kier molecular flexibility index (Phi) is 6.93. The number of carbonyl (C=O) groups excluding carboxylic acids is 2. The van der Waals surface area contributed by atoms with Crippen LogP contribution in [0.25, 0.3) is 0 Å². The molecule has 3 aromatic rings. The molecule has 0 aliphatic rings. The molecule has 0 saturated carbocycles. The molecule has 144 valence electrons. The number of rotatable bonds is 7. The van der Waals surface area contributed by atoms with E-state index in [1.54, 1.807) is 43.5 Å². The Morgan fingerprint density at radius 2 is 1.82 bits per heavy atom. The first kappa shape index (κ1) is 20.2. The van der Waals surface area contributed by atoms with E-state index in [0.29, 0.717) is 35.0 Å². The summed E-state index contributed by atoms with van der Waals surface area (Å²) in [5.41, 5.74) is 1.09. The third-order valence-electron chi connectivity index (χ3n) is 3.73. The lowest BCUT2D eigenvalue weighted by atomic mass is 10.2. The number of methoxy groups -OCH3 is 1. The van der Waals surface area contributed by atoms with Gasteiger partial charge in [-0.3, -0.25) is 14.9 Å². The van der Waals surface area contributed by atoms with Crippen LogP contribution < -0.4 is 15.4 Å². The Bertz CT molecular complexity index is 993. The zero-order valence-corrected chi connectivity index (χ0v) is 17.9. The minimum atomic E-state index is -0.229. The highest BCUT2D eigenvalue weighted by atomic mass is 127. The normalized spacial score (nSPS) is 10.4. The number of benzene rings is 2. The number of hydrogen-bond acceptors (Lipinski definition) is 6. The van der Waals surface area contributed by atoms with Crippen molar-refractivity contribution < 1.29 is 14.3 Å². The molecular weight excluding hydrogens is 491 g/mol. The number of nitrogens with one attached hydrogen (secondary N) is 2. The monoisotopic (exact) mass is 508 g/mol. The molecular formula is C19H17IN4O3S. The Morgan fingerprint density at radius 1 is 1.07 bits per heavy atom. The summed E-state index contributed by atoms with van der Waals surface area (Å²) in [5.74, 6) is 0.216. The molecule has 0 aliphatic carbocycles. The fourth-order valence-electron chi connectivity index (χ4n) is 2.35. The lowest BCUT2D eigenvalue weighted by molar-refractivity contribution is 0.0953. The van der Waals surface area contributed by atoms with E-state index in [1.165, 1.54) is 11.3 Å². The summed E-state index contributed by atoms with van der Waals surface area (Å²) < 4.78 is 6.10. The molecule has 9 heteroatoms. The highest BCUT2D eigenvalue weighted by Crippen LogP contribution is 2.17. The number of aromatic nitrogens is 2. The van der Waals surface area contributed by atoms with E-state index in [4.69, 9.17) is 4.74 Å². The fraction of sp³-hybridized carbons (Fsp3) is 0.158. The average Bonchev–Trinajstić information content (AvgIpc) is 3.15. The molecule has 0 bridgehead atoms. The van der Waals surface area contributed by atoms with Crippen LogP contribution in [0.5, 0.6) is 5.75 Å². The molecule has 0 saturated heterocycles. The SMILES string of the molecule is COc1cccc(C(=O)NCCc2nnc(NC(=O)c3cccc(I)c3)s2)c1.